The monoisotopic (exact) mass is 462 g/mol. The van der Waals surface area contributed by atoms with Crippen LogP contribution in [0.5, 0.6) is 17.2 Å². The standard InChI is InChI=1S/C24H18N2O4S2/c27-18-11-9-17(10-12-18)25-22(28)15-26-23(29)21(32-24(26)31)14-16-5-4-8-20(13-16)30-19-6-2-1-3-7-19/h1-14,27H,15H2,(H,25,28)/b21-14-. The summed E-state index contributed by atoms with van der Waals surface area (Å²) in [4.78, 5) is 26.9. The number of thioether (sulfide) groups is 1. The fourth-order valence-corrected chi connectivity index (χ4v) is 4.22. The van der Waals surface area contributed by atoms with E-state index >= 15 is 0 Å². The zero-order valence-electron chi connectivity index (χ0n) is 16.7. The predicted molar refractivity (Wildman–Crippen MR) is 130 cm³/mol. The van der Waals surface area contributed by atoms with Crippen LogP contribution in [-0.4, -0.2) is 32.7 Å². The number of amides is 2. The topological polar surface area (TPSA) is 78.9 Å². The Morgan fingerprint density at radius 1 is 1.03 bits per heavy atom. The van der Waals surface area contributed by atoms with Crippen LogP contribution < -0.4 is 10.1 Å². The normalized spacial score (nSPS) is 14.6. The van der Waals surface area contributed by atoms with Crippen LogP contribution in [0.3, 0.4) is 0 Å². The summed E-state index contributed by atoms with van der Waals surface area (Å²) < 4.78 is 6.16. The highest BCUT2D eigenvalue weighted by Crippen LogP contribution is 2.33. The second kappa shape index (κ2) is 9.67. The lowest BCUT2D eigenvalue weighted by Gasteiger charge is -2.14. The van der Waals surface area contributed by atoms with Crippen LogP contribution in [0.15, 0.2) is 83.8 Å². The minimum atomic E-state index is -0.383. The lowest BCUT2D eigenvalue weighted by atomic mass is 10.2. The van der Waals surface area contributed by atoms with Crippen molar-refractivity contribution >= 4 is 51.9 Å². The number of nitrogens with zero attached hydrogens (tertiary/aromatic N) is 1. The zero-order chi connectivity index (χ0) is 22.5. The molecule has 6 nitrogen and oxygen atoms in total. The van der Waals surface area contributed by atoms with Gasteiger partial charge in [0, 0.05) is 5.69 Å². The molecule has 0 unspecified atom stereocenters. The Bertz CT molecular complexity index is 1190. The van der Waals surface area contributed by atoms with Crippen LogP contribution in [0.2, 0.25) is 0 Å². The van der Waals surface area contributed by atoms with Gasteiger partial charge in [0.25, 0.3) is 5.91 Å². The molecule has 0 aromatic heterocycles. The molecule has 0 radical (unpaired) electrons. The van der Waals surface area contributed by atoms with Crippen LogP contribution in [-0.2, 0) is 9.59 Å². The van der Waals surface area contributed by atoms with Gasteiger partial charge in [-0.3, -0.25) is 14.5 Å². The van der Waals surface area contributed by atoms with Crippen molar-refractivity contribution in [3.8, 4) is 17.2 Å². The molecule has 1 heterocycles. The maximum atomic E-state index is 12.8. The molecule has 0 aliphatic carbocycles. The summed E-state index contributed by atoms with van der Waals surface area (Å²) in [5, 5.41) is 12.0. The lowest BCUT2D eigenvalue weighted by Crippen LogP contribution is -2.36. The molecule has 3 aromatic carbocycles. The number of thiocarbonyl (C=S) groups is 1. The molecule has 0 saturated carbocycles. The molecule has 0 atom stereocenters. The molecule has 1 aliphatic heterocycles. The molecule has 1 aliphatic rings. The first kappa shape index (κ1) is 21.6. The van der Waals surface area contributed by atoms with Gasteiger partial charge < -0.3 is 15.2 Å². The van der Waals surface area contributed by atoms with Gasteiger partial charge in [0.2, 0.25) is 5.91 Å². The summed E-state index contributed by atoms with van der Waals surface area (Å²) in [7, 11) is 0. The minimum Gasteiger partial charge on any atom is -0.508 e. The number of phenolic OH excluding ortho intramolecular Hbond substituents is 1. The van der Waals surface area contributed by atoms with Gasteiger partial charge in [0.15, 0.2) is 0 Å². The third-order valence-electron chi connectivity index (χ3n) is 4.46. The zero-order valence-corrected chi connectivity index (χ0v) is 18.4. The number of carbonyl (C=O) groups excluding carboxylic acids is 2. The number of aromatic hydroxyl groups is 1. The number of ether oxygens (including phenoxy) is 1. The second-order valence-electron chi connectivity index (χ2n) is 6.85. The largest absolute Gasteiger partial charge is 0.508 e. The molecule has 2 N–H and O–H groups in total. The van der Waals surface area contributed by atoms with E-state index in [-0.39, 0.29) is 24.1 Å². The average Bonchev–Trinajstić information content (AvgIpc) is 3.03. The molecule has 32 heavy (non-hydrogen) atoms. The highest BCUT2D eigenvalue weighted by molar-refractivity contribution is 8.26. The average molecular weight is 463 g/mol. The van der Waals surface area contributed by atoms with Gasteiger partial charge >= 0.3 is 0 Å². The van der Waals surface area contributed by atoms with Crippen molar-refractivity contribution < 1.29 is 19.4 Å². The van der Waals surface area contributed by atoms with Crippen molar-refractivity contribution in [2.24, 2.45) is 0 Å². The summed E-state index contributed by atoms with van der Waals surface area (Å²) in [6.45, 7) is -0.194. The molecule has 160 valence electrons. The van der Waals surface area contributed by atoms with Gasteiger partial charge in [-0.1, -0.05) is 54.3 Å². The highest BCUT2D eigenvalue weighted by atomic mass is 32.2. The number of para-hydroxylation sites is 1. The second-order valence-corrected chi connectivity index (χ2v) is 8.53. The Kier molecular flexibility index (Phi) is 6.53. The first-order valence-electron chi connectivity index (χ1n) is 9.65. The molecule has 3 aromatic rings. The van der Waals surface area contributed by atoms with Gasteiger partial charge in [-0.2, -0.15) is 0 Å². The summed E-state index contributed by atoms with van der Waals surface area (Å²) >= 11 is 6.46. The lowest BCUT2D eigenvalue weighted by molar-refractivity contribution is -0.126. The number of nitrogens with one attached hydrogen (secondary N) is 1. The van der Waals surface area contributed by atoms with E-state index in [2.05, 4.69) is 5.32 Å². The molecule has 1 saturated heterocycles. The van der Waals surface area contributed by atoms with E-state index in [1.165, 1.54) is 17.0 Å². The Labute approximate surface area is 194 Å². The quantitative estimate of drug-likeness (QED) is 0.304. The van der Waals surface area contributed by atoms with Gasteiger partial charge in [-0.25, -0.2) is 0 Å². The number of phenols is 1. The van der Waals surface area contributed by atoms with Crippen LogP contribution in [0, 0.1) is 0 Å². The summed E-state index contributed by atoms with van der Waals surface area (Å²) in [6, 6.07) is 22.9. The predicted octanol–water partition coefficient (Wildman–Crippen LogP) is 5.02. The maximum Gasteiger partial charge on any atom is 0.266 e. The Balaban J connectivity index is 1.43. The number of carbonyl (C=O) groups is 2. The molecular weight excluding hydrogens is 444 g/mol. The highest BCUT2D eigenvalue weighted by Gasteiger charge is 2.33. The molecule has 0 spiro atoms. The smallest absolute Gasteiger partial charge is 0.266 e. The molecule has 2 amide bonds. The van der Waals surface area contributed by atoms with Crippen LogP contribution in [0.1, 0.15) is 5.56 Å². The molecule has 1 fully saturated rings. The van der Waals surface area contributed by atoms with E-state index in [0.717, 1.165) is 23.1 Å². The first-order chi connectivity index (χ1) is 15.5. The minimum absolute atomic E-state index is 0.100. The van der Waals surface area contributed by atoms with E-state index in [1.54, 1.807) is 18.2 Å². The van der Waals surface area contributed by atoms with Crippen molar-refractivity contribution in [1.29, 1.82) is 0 Å². The molecular formula is C24H18N2O4S2. The van der Waals surface area contributed by atoms with E-state index in [0.29, 0.717) is 20.7 Å². The van der Waals surface area contributed by atoms with Crippen molar-refractivity contribution in [2.45, 2.75) is 0 Å². The van der Waals surface area contributed by atoms with Crippen LogP contribution >= 0.6 is 24.0 Å². The van der Waals surface area contributed by atoms with E-state index in [9.17, 15) is 14.7 Å². The van der Waals surface area contributed by atoms with E-state index in [4.69, 9.17) is 17.0 Å². The number of rotatable bonds is 6. The number of anilines is 1. The SMILES string of the molecule is O=C(CN1C(=O)/C(=C/c2cccc(Oc3ccccc3)c2)SC1=S)Nc1ccc(O)cc1. The van der Waals surface area contributed by atoms with Crippen molar-refractivity contribution in [1.82, 2.24) is 4.90 Å². The third kappa shape index (κ3) is 5.35. The Morgan fingerprint density at radius 3 is 2.50 bits per heavy atom. The summed E-state index contributed by atoms with van der Waals surface area (Å²) in [5.41, 5.74) is 1.30. The van der Waals surface area contributed by atoms with Crippen molar-refractivity contribution in [3.63, 3.8) is 0 Å². The van der Waals surface area contributed by atoms with Crippen LogP contribution in [0.4, 0.5) is 5.69 Å². The van der Waals surface area contributed by atoms with Gasteiger partial charge in [-0.15, -0.1) is 0 Å². The van der Waals surface area contributed by atoms with E-state index < -0.39 is 0 Å². The van der Waals surface area contributed by atoms with Gasteiger partial charge in [0.1, 0.15) is 28.1 Å². The van der Waals surface area contributed by atoms with E-state index in [1.807, 2.05) is 54.6 Å². The molecule has 8 heteroatoms. The number of benzene rings is 3. The Hall–Kier alpha value is -3.62. The van der Waals surface area contributed by atoms with Crippen molar-refractivity contribution in [2.75, 3.05) is 11.9 Å². The molecule has 4 rings (SSSR count). The first-order valence-corrected chi connectivity index (χ1v) is 10.9. The summed E-state index contributed by atoms with van der Waals surface area (Å²) in [6.07, 6.45) is 1.73. The van der Waals surface area contributed by atoms with Crippen molar-refractivity contribution in [3.05, 3.63) is 89.3 Å². The maximum absolute atomic E-state index is 12.8. The fourth-order valence-electron chi connectivity index (χ4n) is 2.97. The fraction of sp³-hybridized carbons (Fsp3) is 0.0417. The summed E-state index contributed by atoms with van der Waals surface area (Å²) in [5.74, 6) is 0.759. The van der Waals surface area contributed by atoms with Gasteiger partial charge in [0.05, 0.1) is 4.91 Å². The molecule has 0 bridgehead atoms. The number of hydrogen-bond acceptors (Lipinski definition) is 6. The third-order valence-corrected chi connectivity index (χ3v) is 5.84. The van der Waals surface area contributed by atoms with Crippen LogP contribution in [0.25, 0.3) is 6.08 Å². The number of hydrogen-bond donors (Lipinski definition) is 2. The van der Waals surface area contributed by atoms with Gasteiger partial charge in [-0.05, 0) is 60.2 Å². The Morgan fingerprint density at radius 2 is 1.75 bits per heavy atom.